The van der Waals surface area contributed by atoms with Gasteiger partial charge in [-0.3, -0.25) is 4.98 Å². The van der Waals surface area contributed by atoms with Gasteiger partial charge in [0.25, 0.3) is 0 Å². The van der Waals surface area contributed by atoms with E-state index >= 15 is 0 Å². The number of carbonyl (C=O) groups excluding carboxylic acids is 1. The van der Waals surface area contributed by atoms with Gasteiger partial charge in [0.15, 0.2) is 0 Å². The number of hydrogen-bond donors (Lipinski definition) is 2. The van der Waals surface area contributed by atoms with Gasteiger partial charge in [-0.1, -0.05) is 0 Å². The first-order valence-corrected chi connectivity index (χ1v) is 7.21. The van der Waals surface area contributed by atoms with Gasteiger partial charge >= 0.3 is 6.03 Å². The topological polar surface area (TPSA) is 65.5 Å². The maximum Gasteiger partial charge on any atom is 0.317 e. The standard InChI is InChI=1S/C15H23N3O2/c1-18(14-4-2-13(11-19)3-5-14)15(20)17-10-12-6-8-16-9-7-12/h6-9,13-14,19H,2-5,10-11H2,1H3,(H,17,20). The van der Waals surface area contributed by atoms with Gasteiger partial charge < -0.3 is 15.3 Å². The summed E-state index contributed by atoms with van der Waals surface area (Å²) < 4.78 is 0. The summed E-state index contributed by atoms with van der Waals surface area (Å²) in [4.78, 5) is 17.9. The minimum Gasteiger partial charge on any atom is -0.396 e. The van der Waals surface area contributed by atoms with Gasteiger partial charge in [-0.25, -0.2) is 4.79 Å². The molecule has 0 aliphatic heterocycles. The molecule has 1 aliphatic rings. The van der Waals surface area contributed by atoms with Gasteiger partial charge in [0, 0.05) is 38.6 Å². The third-order valence-corrected chi connectivity index (χ3v) is 4.14. The molecule has 2 N–H and O–H groups in total. The number of carbonyl (C=O) groups is 1. The Kier molecular flexibility index (Phi) is 5.35. The first-order chi connectivity index (χ1) is 9.70. The van der Waals surface area contributed by atoms with Gasteiger partial charge in [-0.2, -0.15) is 0 Å². The summed E-state index contributed by atoms with van der Waals surface area (Å²) >= 11 is 0. The predicted octanol–water partition coefficient (Wildman–Crippen LogP) is 1.77. The molecule has 1 saturated carbocycles. The lowest BCUT2D eigenvalue weighted by Gasteiger charge is -2.34. The molecule has 0 radical (unpaired) electrons. The van der Waals surface area contributed by atoms with Crippen LogP contribution in [0.2, 0.25) is 0 Å². The molecule has 5 heteroatoms. The average Bonchev–Trinajstić information content (AvgIpc) is 2.53. The van der Waals surface area contributed by atoms with Crippen molar-refractivity contribution in [3.05, 3.63) is 30.1 Å². The van der Waals surface area contributed by atoms with Crippen LogP contribution in [0.25, 0.3) is 0 Å². The maximum absolute atomic E-state index is 12.1. The SMILES string of the molecule is CN(C(=O)NCc1ccncc1)C1CCC(CO)CC1. The van der Waals surface area contributed by atoms with E-state index in [-0.39, 0.29) is 18.7 Å². The van der Waals surface area contributed by atoms with Gasteiger partial charge in [0.2, 0.25) is 0 Å². The molecule has 1 aromatic heterocycles. The van der Waals surface area contributed by atoms with Crippen molar-refractivity contribution in [1.82, 2.24) is 15.2 Å². The summed E-state index contributed by atoms with van der Waals surface area (Å²) in [6, 6.07) is 4.05. The Bertz CT molecular complexity index is 416. The zero-order chi connectivity index (χ0) is 14.4. The van der Waals surface area contributed by atoms with Crippen LogP contribution < -0.4 is 5.32 Å². The minimum absolute atomic E-state index is 0.0331. The molecule has 110 valence electrons. The van der Waals surface area contributed by atoms with Crippen LogP contribution in [-0.2, 0) is 6.54 Å². The van der Waals surface area contributed by atoms with E-state index in [1.165, 1.54) is 0 Å². The molecule has 1 fully saturated rings. The van der Waals surface area contributed by atoms with Gasteiger partial charge in [0.05, 0.1) is 0 Å². The van der Waals surface area contributed by atoms with Gasteiger partial charge in [-0.15, -0.1) is 0 Å². The number of pyridine rings is 1. The molecule has 2 rings (SSSR count). The Morgan fingerprint density at radius 1 is 1.35 bits per heavy atom. The number of aromatic nitrogens is 1. The third kappa shape index (κ3) is 3.93. The summed E-state index contributed by atoms with van der Waals surface area (Å²) in [6.07, 6.45) is 7.41. The third-order valence-electron chi connectivity index (χ3n) is 4.14. The van der Waals surface area contributed by atoms with E-state index in [1.807, 2.05) is 19.2 Å². The summed E-state index contributed by atoms with van der Waals surface area (Å²) in [7, 11) is 1.85. The molecular formula is C15H23N3O2. The first-order valence-electron chi connectivity index (χ1n) is 7.21. The molecule has 1 aromatic rings. The number of aliphatic hydroxyl groups excluding tert-OH is 1. The van der Waals surface area contributed by atoms with E-state index in [2.05, 4.69) is 10.3 Å². The molecule has 0 bridgehead atoms. The lowest BCUT2D eigenvalue weighted by Crippen LogP contribution is -2.45. The second kappa shape index (κ2) is 7.24. The van der Waals surface area contributed by atoms with Crippen molar-refractivity contribution in [3.63, 3.8) is 0 Å². The maximum atomic E-state index is 12.1. The Morgan fingerprint density at radius 3 is 2.60 bits per heavy atom. The number of aliphatic hydroxyl groups is 1. The highest BCUT2D eigenvalue weighted by molar-refractivity contribution is 5.74. The van der Waals surface area contributed by atoms with Crippen LogP contribution in [-0.4, -0.2) is 40.7 Å². The quantitative estimate of drug-likeness (QED) is 0.881. The van der Waals surface area contributed by atoms with Crippen LogP contribution in [0.5, 0.6) is 0 Å². The minimum atomic E-state index is -0.0331. The van der Waals surface area contributed by atoms with Crippen molar-refractivity contribution in [1.29, 1.82) is 0 Å². The molecule has 5 nitrogen and oxygen atoms in total. The number of hydrogen-bond acceptors (Lipinski definition) is 3. The lowest BCUT2D eigenvalue weighted by molar-refractivity contribution is 0.134. The van der Waals surface area contributed by atoms with Gasteiger partial charge in [0.1, 0.15) is 0 Å². The van der Waals surface area contributed by atoms with E-state index in [1.54, 1.807) is 17.3 Å². The molecule has 1 heterocycles. The molecule has 0 unspecified atom stereocenters. The monoisotopic (exact) mass is 277 g/mol. The van der Waals surface area contributed by atoms with E-state index in [0.29, 0.717) is 12.5 Å². The van der Waals surface area contributed by atoms with E-state index in [4.69, 9.17) is 5.11 Å². The van der Waals surface area contributed by atoms with Crippen LogP contribution in [0.1, 0.15) is 31.2 Å². The molecule has 0 saturated heterocycles. The average molecular weight is 277 g/mol. The Balaban J connectivity index is 1.77. The zero-order valence-electron chi connectivity index (χ0n) is 12.0. The largest absolute Gasteiger partial charge is 0.396 e. The van der Waals surface area contributed by atoms with Crippen molar-refractivity contribution in [3.8, 4) is 0 Å². The number of nitrogens with zero attached hydrogens (tertiary/aromatic N) is 2. The lowest BCUT2D eigenvalue weighted by atomic mass is 9.86. The fourth-order valence-electron chi connectivity index (χ4n) is 2.68. The van der Waals surface area contributed by atoms with Crippen molar-refractivity contribution in [2.24, 2.45) is 5.92 Å². The van der Waals surface area contributed by atoms with Crippen molar-refractivity contribution in [2.45, 2.75) is 38.3 Å². The number of nitrogens with one attached hydrogen (secondary N) is 1. The summed E-state index contributed by atoms with van der Waals surface area (Å²) in [5.74, 6) is 0.416. The van der Waals surface area contributed by atoms with Crippen LogP contribution in [0.15, 0.2) is 24.5 Å². The Morgan fingerprint density at radius 2 is 2.00 bits per heavy atom. The summed E-state index contributed by atoms with van der Waals surface area (Å²) in [5, 5.41) is 12.1. The zero-order valence-corrected chi connectivity index (χ0v) is 12.0. The van der Waals surface area contributed by atoms with Crippen LogP contribution >= 0.6 is 0 Å². The molecule has 0 aromatic carbocycles. The molecule has 2 amide bonds. The number of amides is 2. The van der Waals surface area contributed by atoms with Crippen molar-refractivity contribution >= 4 is 6.03 Å². The summed E-state index contributed by atoms with van der Waals surface area (Å²) in [5.41, 5.74) is 1.05. The number of urea groups is 1. The molecule has 1 aliphatic carbocycles. The van der Waals surface area contributed by atoms with E-state index in [0.717, 1.165) is 31.2 Å². The Hall–Kier alpha value is -1.62. The normalized spacial score (nSPS) is 22.3. The molecule has 0 atom stereocenters. The molecular weight excluding hydrogens is 254 g/mol. The van der Waals surface area contributed by atoms with E-state index in [9.17, 15) is 4.79 Å². The van der Waals surface area contributed by atoms with Crippen LogP contribution in [0.4, 0.5) is 4.79 Å². The fraction of sp³-hybridized carbons (Fsp3) is 0.600. The van der Waals surface area contributed by atoms with E-state index < -0.39 is 0 Å². The van der Waals surface area contributed by atoms with Crippen LogP contribution in [0.3, 0.4) is 0 Å². The highest BCUT2D eigenvalue weighted by Crippen LogP contribution is 2.26. The van der Waals surface area contributed by atoms with Crippen molar-refractivity contribution < 1.29 is 9.90 Å². The van der Waals surface area contributed by atoms with Crippen molar-refractivity contribution in [2.75, 3.05) is 13.7 Å². The highest BCUT2D eigenvalue weighted by Gasteiger charge is 2.25. The summed E-state index contributed by atoms with van der Waals surface area (Å²) in [6.45, 7) is 0.794. The molecule has 0 spiro atoms. The molecule has 20 heavy (non-hydrogen) atoms. The second-order valence-electron chi connectivity index (χ2n) is 5.48. The number of rotatable bonds is 4. The Labute approximate surface area is 120 Å². The smallest absolute Gasteiger partial charge is 0.317 e. The first kappa shape index (κ1) is 14.8. The van der Waals surface area contributed by atoms with Gasteiger partial charge in [-0.05, 0) is 49.3 Å². The second-order valence-corrected chi connectivity index (χ2v) is 5.48. The van der Waals surface area contributed by atoms with Crippen LogP contribution in [0, 0.1) is 5.92 Å². The predicted molar refractivity (Wildman–Crippen MR) is 77.1 cm³/mol. The highest BCUT2D eigenvalue weighted by atomic mass is 16.3. The fourth-order valence-corrected chi connectivity index (χ4v) is 2.68.